The Morgan fingerprint density at radius 2 is 0.923 bits per heavy atom. The number of hydrogen-bond donors (Lipinski definition) is 7. The number of aliphatic hydroxyl groups is 1. The van der Waals surface area contributed by atoms with Crippen molar-refractivity contribution in [2.24, 2.45) is 23.7 Å². The number of benzene rings is 2. The zero-order chi connectivity index (χ0) is 69.0. The number of nitrogens with one attached hydrogen (secondary N) is 6. The maximum absolute atomic E-state index is 14.9. The van der Waals surface area contributed by atoms with Crippen LogP contribution in [0.2, 0.25) is 0 Å². The summed E-state index contributed by atoms with van der Waals surface area (Å²) < 4.78 is 0. The summed E-state index contributed by atoms with van der Waals surface area (Å²) in [6.45, 7) is 20.9. The smallest absolute Gasteiger partial charge is 0.248 e. The van der Waals surface area contributed by atoms with Crippen LogP contribution in [0.3, 0.4) is 0 Å². The topological polar surface area (TPSA) is 317 Å². The summed E-state index contributed by atoms with van der Waals surface area (Å²) in [4.78, 5) is 179. The summed E-state index contributed by atoms with van der Waals surface area (Å²) in [5.74, 6) is -9.86. The highest BCUT2D eigenvalue weighted by molar-refractivity contribution is 5.99. The minimum Gasteiger partial charge on any atom is -0.391 e. The molecule has 0 saturated carbocycles. The first-order chi connectivity index (χ1) is 42.5. The van der Waals surface area contributed by atoms with Crippen LogP contribution in [0, 0.1) is 23.7 Å². The second-order valence-electron chi connectivity index (χ2n) is 25.7. The lowest BCUT2D eigenvalue weighted by Crippen LogP contribution is -2.62. The van der Waals surface area contributed by atoms with Gasteiger partial charge in [-0.2, -0.15) is 0 Å². The van der Waals surface area contributed by atoms with E-state index in [0.29, 0.717) is 17.5 Å². The first-order valence-electron chi connectivity index (χ1n) is 31.6. The van der Waals surface area contributed by atoms with Gasteiger partial charge in [0.25, 0.3) is 0 Å². The van der Waals surface area contributed by atoms with Gasteiger partial charge in [0.05, 0.1) is 12.6 Å². The number of carbonyl (C=O) groups excluding carboxylic acids is 12. The predicted molar refractivity (Wildman–Crippen MR) is 345 cm³/mol. The molecule has 25 heteroatoms. The lowest BCUT2D eigenvalue weighted by molar-refractivity contribution is -0.148. The molecule has 506 valence electrons. The highest BCUT2D eigenvalue weighted by Crippen LogP contribution is 2.21. The Morgan fingerprint density at radius 3 is 1.42 bits per heavy atom. The third kappa shape index (κ3) is 21.9. The summed E-state index contributed by atoms with van der Waals surface area (Å²) >= 11 is 0. The molecular weight excluding hydrogens is 1170 g/mol. The molecule has 13 atom stereocenters. The van der Waals surface area contributed by atoms with Gasteiger partial charge in [-0.3, -0.25) is 57.5 Å². The molecule has 1 fully saturated rings. The molecule has 0 unspecified atom stereocenters. The monoisotopic (exact) mass is 1270 g/mol. The van der Waals surface area contributed by atoms with Gasteiger partial charge in [-0.15, -0.1) is 0 Å². The lowest BCUT2D eigenvalue weighted by atomic mass is 9.94. The molecule has 2 aromatic rings. The molecular formula is C66H104N12O13. The fraction of sp³-hybridized carbons (Fsp3) is 0.636. The first-order valence-corrected chi connectivity index (χ1v) is 31.6. The molecule has 0 spiro atoms. The van der Waals surface area contributed by atoms with Crippen molar-refractivity contribution in [3.8, 4) is 0 Å². The van der Waals surface area contributed by atoms with Crippen molar-refractivity contribution in [1.29, 1.82) is 0 Å². The molecule has 25 nitrogen and oxygen atoms in total. The van der Waals surface area contributed by atoms with Crippen LogP contribution in [0.15, 0.2) is 60.7 Å². The first kappa shape index (κ1) is 77.3. The minimum atomic E-state index is -1.66. The van der Waals surface area contributed by atoms with Crippen molar-refractivity contribution in [2.75, 3.05) is 48.8 Å². The number of carbonyl (C=O) groups is 12. The van der Waals surface area contributed by atoms with Gasteiger partial charge in [-0.1, -0.05) is 122 Å². The molecule has 1 saturated heterocycles. The van der Waals surface area contributed by atoms with Crippen molar-refractivity contribution >= 4 is 70.9 Å². The van der Waals surface area contributed by atoms with E-state index in [1.807, 2.05) is 34.6 Å². The zero-order valence-corrected chi connectivity index (χ0v) is 57.0. The van der Waals surface area contributed by atoms with E-state index in [-0.39, 0.29) is 43.9 Å². The number of likely N-dealkylation sites (N-methyl/N-ethyl adjacent to an activating group) is 6. The number of aliphatic hydroxyl groups excluding tert-OH is 1. The van der Waals surface area contributed by atoms with Crippen LogP contribution in [0.4, 0.5) is 0 Å². The summed E-state index contributed by atoms with van der Waals surface area (Å²) in [5.41, 5.74) is 1.28. The standard InChI is InChI=1S/C66H104N12O13/c1-20-40(8)56-62(87)67-36-53(81)76(17)51(35-47-29-25-22-26-30-47)61(86)72-55(45(13)79)66(91)75(16)43(11)57(82)69-48(31-37(2)3)59(84)68-41(9)33-52(80)73(14)44(12)63(88)74(15)42(10)58(83)70-49(34-46-27-23-21-24-28-46)64(89)77(18)50(32-38(4)5)60(85)71-54(39(6)7)65(90)78(56)19/h21-30,37-45,48-51,54-56,79H,20,31-36H2,1-19H3,(H,67,87)(H,68,84)(H,69,82)(H,70,83)(H,71,85)(H,72,86)/t40-,41-,42-,43-,44+,45+,48-,49-,50-,51-,54-,55-,56-/m0/s1. The summed E-state index contributed by atoms with van der Waals surface area (Å²) in [6.07, 6.45) is -1.27. The van der Waals surface area contributed by atoms with E-state index in [0.717, 1.165) is 14.7 Å². The predicted octanol–water partition coefficient (Wildman–Crippen LogP) is 1.63. The van der Waals surface area contributed by atoms with E-state index >= 15 is 0 Å². The molecule has 2 aromatic carbocycles. The molecule has 7 N–H and O–H groups in total. The van der Waals surface area contributed by atoms with Crippen molar-refractivity contribution in [1.82, 2.24) is 61.3 Å². The Bertz CT molecular complexity index is 2840. The van der Waals surface area contributed by atoms with Gasteiger partial charge in [-0.25, -0.2) is 0 Å². The molecule has 0 aromatic heterocycles. The van der Waals surface area contributed by atoms with Crippen LogP contribution in [0.25, 0.3) is 0 Å². The van der Waals surface area contributed by atoms with Crippen LogP contribution in [-0.4, -0.2) is 227 Å². The van der Waals surface area contributed by atoms with Crippen LogP contribution < -0.4 is 31.9 Å². The van der Waals surface area contributed by atoms with Gasteiger partial charge >= 0.3 is 0 Å². The van der Waals surface area contributed by atoms with E-state index in [1.165, 1.54) is 84.7 Å². The third-order valence-corrected chi connectivity index (χ3v) is 17.2. The number of amides is 12. The maximum atomic E-state index is 14.9. The van der Waals surface area contributed by atoms with Gasteiger partial charge in [-0.05, 0) is 82.3 Å². The van der Waals surface area contributed by atoms with E-state index < -0.39 is 162 Å². The number of rotatable bonds is 12. The summed E-state index contributed by atoms with van der Waals surface area (Å²) in [5, 5.41) is 27.5. The van der Waals surface area contributed by atoms with Gasteiger partial charge in [0.2, 0.25) is 70.9 Å². The molecule has 0 radical (unpaired) electrons. The Balaban J connectivity index is 2.20. The maximum Gasteiger partial charge on any atom is 0.248 e. The number of nitrogens with zero attached hydrogens (tertiary/aromatic N) is 6. The van der Waals surface area contributed by atoms with Crippen molar-refractivity contribution in [3.05, 3.63) is 71.8 Å². The summed E-state index contributed by atoms with van der Waals surface area (Å²) in [6, 6.07) is 4.05. The van der Waals surface area contributed by atoms with E-state index in [9.17, 15) is 62.6 Å². The van der Waals surface area contributed by atoms with E-state index in [4.69, 9.17) is 0 Å². The highest BCUT2D eigenvalue weighted by Gasteiger charge is 2.42. The average Bonchev–Trinajstić information content (AvgIpc) is 1.73. The van der Waals surface area contributed by atoms with Crippen LogP contribution in [0.5, 0.6) is 0 Å². The molecule has 3 rings (SSSR count). The lowest BCUT2D eigenvalue weighted by Gasteiger charge is -2.37. The molecule has 0 aliphatic carbocycles. The molecule has 1 aliphatic rings. The fourth-order valence-electron chi connectivity index (χ4n) is 10.7. The average molecular weight is 1270 g/mol. The van der Waals surface area contributed by atoms with Gasteiger partial charge < -0.3 is 66.4 Å². The second-order valence-corrected chi connectivity index (χ2v) is 25.7. The van der Waals surface area contributed by atoms with Gasteiger partial charge in [0, 0.05) is 67.6 Å². The van der Waals surface area contributed by atoms with E-state index in [2.05, 4.69) is 31.9 Å². The van der Waals surface area contributed by atoms with E-state index in [1.54, 1.807) is 88.4 Å². The fourth-order valence-corrected chi connectivity index (χ4v) is 10.7. The molecule has 1 aliphatic heterocycles. The van der Waals surface area contributed by atoms with Crippen molar-refractivity contribution in [3.63, 3.8) is 0 Å². The number of hydrogen-bond acceptors (Lipinski definition) is 13. The van der Waals surface area contributed by atoms with Crippen LogP contribution in [-0.2, 0) is 70.4 Å². The largest absolute Gasteiger partial charge is 0.391 e. The minimum absolute atomic E-state index is 0.0204. The van der Waals surface area contributed by atoms with Crippen molar-refractivity contribution in [2.45, 2.75) is 201 Å². The third-order valence-electron chi connectivity index (χ3n) is 17.2. The highest BCUT2D eigenvalue weighted by atomic mass is 16.3. The van der Waals surface area contributed by atoms with Crippen LogP contribution in [0.1, 0.15) is 127 Å². The molecule has 12 amide bonds. The Labute approximate surface area is 538 Å². The van der Waals surface area contributed by atoms with Gasteiger partial charge in [0.1, 0.15) is 60.4 Å². The molecule has 1 heterocycles. The molecule has 91 heavy (non-hydrogen) atoms. The zero-order valence-electron chi connectivity index (χ0n) is 57.0. The Morgan fingerprint density at radius 1 is 0.451 bits per heavy atom. The normalized spacial score (nSPS) is 26.7. The Hall–Kier alpha value is -7.96. The second kappa shape index (κ2) is 35.6. The van der Waals surface area contributed by atoms with Crippen molar-refractivity contribution < 1.29 is 62.6 Å². The van der Waals surface area contributed by atoms with Gasteiger partial charge in [0.15, 0.2) is 0 Å². The Kier molecular flexibility index (Phi) is 30.2. The summed E-state index contributed by atoms with van der Waals surface area (Å²) in [7, 11) is 8.27. The molecule has 0 bridgehead atoms. The SMILES string of the molecule is CC[C@H](C)[C@H]1C(=O)NCC(=O)N(C)[C@@H](Cc2ccccc2)C(=O)N[C@@H]([C@@H](C)O)C(=O)N(C)[C@@H](C)C(=O)N[C@@H](CC(C)C)C(=O)N[C@@H](C)CC(=O)N(C)[C@H](C)C(=O)N(C)[C@@H](C)C(=O)N[C@@H](Cc2ccccc2)C(=O)N(C)[C@@H](CC(C)C)C(=O)N[C@@H](C(C)C)C(=O)N1C. The quantitative estimate of drug-likeness (QED) is 0.159. The van der Waals surface area contributed by atoms with Crippen LogP contribution >= 0.6 is 0 Å².